The van der Waals surface area contributed by atoms with E-state index in [4.69, 9.17) is 54.1 Å². The summed E-state index contributed by atoms with van der Waals surface area (Å²) in [7, 11) is 4.59. The van der Waals surface area contributed by atoms with Gasteiger partial charge in [0, 0.05) is 72.5 Å². The first-order valence-corrected chi connectivity index (χ1v) is 24.2. The van der Waals surface area contributed by atoms with E-state index >= 15 is 0 Å². The summed E-state index contributed by atoms with van der Waals surface area (Å²) >= 11 is 17.6. The number of aliphatic carboxylic acids is 2. The van der Waals surface area contributed by atoms with Crippen LogP contribution in [-0.2, 0) is 40.1 Å². The minimum absolute atomic E-state index is 0.00221. The van der Waals surface area contributed by atoms with Crippen molar-refractivity contribution in [2.24, 2.45) is 0 Å². The summed E-state index contributed by atoms with van der Waals surface area (Å²) in [6.07, 6.45) is 2.81. The fourth-order valence-corrected chi connectivity index (χ4v) is 8.69. The molecule has 16 nitrogen and oxygen atoms in total. The Morgan fingerprint density at radius 1 is 0.573 bits per heavy atom. The van der Waals surface area contributed by atoms with Gasteiger partial charge in [-0.1, -0.05) is 48.1 Å². The lowest BCUT2D eigenvalue weighted by molar-refractivity contribution is -0.137. The Kier molecular flexibility index (Phi) is 17.5. The number of hydrogen-bond acceptors (Lipinski definition) is 11. The van der Waals surface area contributed by atoms with Crippen LogP contribution in [-0.4, -0.2) is 90.9 Å². The number of carbonyl (C=O) groups is 6. The molecule has 0 atom stereocenters. The first-order valence-electron chi connectivity index (χ1n) is 23.1. The van der Waals surface area contributed by atoms with Gasteiger partial charge in [0.2, 0.25) is 5.88 Å². The van der Waals surface area contributed by atoms with Crippen molar-refractivity contribution in [3.05, 3.63) is 182 Å². The maximum atomic E-state index is 13.3. The number of pyridine rings is 1. The molecule has 19 heteroatoms. The molecule has 5 aromatic carbocycles. The molecule has 2 N–H and O–H groups in total. The van der Waals surface area contributed by atoms with Crippen molar-refractivity contribution in [1.29, 1.82) is 0 Å². The maximum absolute atomic E-state index is 13.3. The van der Waals surface area contributed by atoms with Crippen LogP contribution in [0.25, 0.3) is 32.8 Å². The van der Waals surface area contributed by atoms with Crippen LogP contribution in [0.3, 0.4) is 0 Å². The van der Waals surface area contributed by atoms with Crippen LogP contribution in [0.5, 0.6) is 17.4 Å². The van der Waals surface area contributed by atoms with Crippen molar-refractivity contribution in [2.45, 2.75) is 46.0 Å². The van der Waals surface area contributed by atoms with Gasteiger partial charge in [-0.3, -0.25) is 37.9 Å². The number of Topliss-reactive ketones (excluding diaryl/α,β-unsaturated/α-hetero) is 1. The zero-order chi connectivity index (χ0) is 54.1. The number of ketones is 1. The van der Waals surface area contributed by atoms with Crippen LogP contribution in [0.15, 0.2) is 128 Å². The molecule has 4 aromatic heterocycles. The molecule has 0 aliphatic rings. The monoisotopic (exact) mass is 1070 g/mol. The summed E-state index contributed by atoms with van der Waals surface area (Å²) in [5.41, 5.74) is 6.19. The number of fused-ring (bicyclic) bond motifs is 3. The molecule has 0 saturated carbocycles. The van der Waals surface area contributed by atoms with E-state index in [1.807, 2.05) is 6.92 Å². The molecule has 0 spiro atoms. The fraction of sp³-hybridized carbons (Fsp3) is 0.179. The van der Waals surface area contributed by atoms with E-state index in [0.29, 0.717) is 99.8 Å². The van der Waals surface area contributed by atoms with Crippen molar-refractivity contribution in [3.63, 3.8) is 0 Å². The zero-order valence-electron chi connectivity index (χ0n) is 41.1. The largest absolute Gasteiger partial charge is 0.497 e. The van der Waals surface area contributed by atoms with Crippen molar-refractivity contribution in [3.8, 4) is 17.4 Å². The highest BCUT2D eigenvalue weighted by molar-refractivity contribution is 6.31. The predicted molar refractivity (Wildman–Crippen MR) is 286 cm³/mol. The molecule has 75 heavy (non-hydrogen) atoms. The molecule has 0 aliphatic heterocycles. The molecule has 0 aliphatic carbocycles. The lowest BCUT2D eigenvalue weighted by Crippen LogP contribution is -2.16. The number of aromatic nitrogens is 5. The van der Waals surface area contributed by atoms with E-state index < -0.39 is 11.9 Å². The van der Waals surface area contributed by atoms with Gasteiger partial charge in [-0.2, -0.15) is 9.78 Å². The fourth-order valence-electron chi connectivity index (χ4n) is 8.31. The number of ether oxygens (including phenoxy) is 3. The predicted octanol–water partition coefficient (Wildman–Crippen LogP) is 11.1. The van der Waals surface area contributed by atoms with E-state index in [2.05, 4.69) is 10.1 Å². The van der Waals surface area contributed by atoms with E-state index in [9.17, 15) is 33.9 Å². The molecule has 0 saturated heterocycles. The summed E-state index contributed by atoms with van der Waals surface area (Å²) in [4.78, 5) is 77.2. The van der Waals surface area contributed by atoms with E-state index in [1.165, 1.54) is 30.4 Å². The Bertz CT molecular complexity index is 3470. The second kappa shape index (κ2) is 24.2. The first kappa shape index (κ1) is 54.5. The summed E-state index contributed by atoms with van der Waals surface area (Å²) in [5.74, 6) is -1.13. The van der Waals surface area contributed by atoms with Gasteiger partial charge in [0.25, 0.3) is 17.7 Å². The van der Waals surface area contributed by atoms with Crippen LogP contribution in [0.1, 0.15) is 73.9 Å². The number of rotatable bonds is 14. The van der Waals surface area contributed by atoms with Gasteiger partial charge >= 0.3 is 11.9 Å². The Labute approximate surface area is 444 Å². The van der Waals surface area contributed by atoms with Crippen molar-refractivity contribution in [1.82, 2.24) is 23.9 Å². The first-order chi connectivity index (χ1) is 35.9. The standard InChI is InChI=1S/C21H20ClNO4.C18H15ClN2O3.C17H13ClN2O4/c1-3-4-18-17(12-20(24)25)16-11-15(27-2)9-10-19(16)23(18)21(26)13-5-7-14(22)8-6-13;1-11(22)9-13-10-21(15-7-8-16(24-2)20-17(13)15)18(23)12-3-5-14(19)6-4-12;1-24-12-6-7-15-13(8-12)14(9-16(21)22)19-20(15)17(23)10-2-4-11(18)5-3-10/h5-11H,3-4,12H2,1-2H3,(H,24,25);3-8,10H,9H2,1-2H3;2-8H,9H2,1H3,(H,21,22). The summed E-state index contributed by atoms with van der Waals surface area (Å²) in [6.45, 7) is 3.50. The van der Waals surface area contributed by atoms with Crippen molar-refractivity contribution < 1.29 is 53.2 Å². The summed E-state index contributed by atoms with van der Waals surface area (Å²) in [5, 5.41) is 25.6. The lowest BCUT2D eigenvalue weighted by Gasteiger charge is -2.10. The van der Waals surface area contributed by atoms with Gasteiger partial charge in [-0.15, -0.1) is 0 Å². The third-order valence-electron chi connectivity index (χ3n) is 11.7. The normalized spacial score (nSPS) is 10.8. The van der Waals surface area contributed by atoms with Crippen molar-refractivity contribution in [2.75, 3.05) is 21.3 Å². The minimum Gasteiger partial charge on any atom is -0.497 e. The third kappa shape index (κ3) is 12.6. The van der Waals surface area contributed by atoms with Gasteiger partial charge < -0.3 is 24.4 Å². The quantitative estimate of drug-likeness (QED) is 0.104. The average Bonchev–Trinajstić information content (AvgIpc) is 4.04. The summed E-state index contributed by atoms with van der Waals surface area (Å²) in [6, 6.07) is 33.6. The molecule has 9 rings (SSSR count). The number of carbonyl (C=O) groups excluding carboxylic acids is 4. The van der Waals surface area contributed by atoms with Gasteiger partial charge in [0.15, 0.2) is 0 Å². The number of halogens is 3. The smallest absolute Gasteiger partial charge is 0.309 e. The van der Waals surface area contributed by atoms with E-state index in [-0.39, 0.29) is 42.8 Å². The molecule has 0 fully saturated rings. The third-order valence-corrected chi connectivity index (χ3v) is 12.5. The number of methoxy groups -OCH3 is 3. The van der Waals surface area contributed by atoms with Crippen LogP contribution < -0.4 is 14.2 Å². The number of hydrogen-bond donors (Lipinski definition) is 2. The molecule has 9 aromatic rings. The molecule has 0 amide bonds. The average molecular weight is 1070 g/mol. The molecular formula is C56H48Cl3N5O11. The Balaban J connectivity index is 0.000000164. The zero-order valence-corrected chi connectivity index (χ0v) is 43.4. The Morgan fingerprint density at radius 3 is 1.59 bits per heavy atom. The lowest BCUT2D eigenvalue weighted by atomic mass is 10.0. The molecule has 0 unspecified atom stereocenters. The second-order valence-corrected chi connectivity index (χ2v) is 18.1. The summed E-state index contributed by atoms with van der Waals surface area (Å²) < 4.78 is 19.9. The maximum Gasteiger partial charge on any atom is 0.309 e. The Morgan fingerprint density at radius 2 is 1.08 bits per heavy atom. The minimum atomic E-state index is -1.02. The van der Waals surface area contributed by atoms with Crippen LogP contribution in [0, 0.1) is 0 Å². The van der Waals surface area contributed by atoms with Gasteiger partial charge in [0.05, 0.1) is 61.9 Å². The number of carboxylic acids is 2. The second-order valence-electron chi connectivity index (χ2n) is 16.8. The Hall–Kier alpha value is -8.31. The van der Waals surface area contributed by atoms with E-state index in [0.717, 1.165) is 17.5 Å². The van der Waals surface area contributed by atoms with Crippen LogP contribution in [0.4, 0.5) is 0 Å². The van der Waals surface area contributed by atoms with Crippen molar-refractivity contribution >= 4 is 103 Å². The van der Waals surface area contributed by atoms with Gasteiger partial charge in [0.1, 0.15) is 17.3 Å². The van der Waals surface area contributed by atoms with Gasteiger partial charge in [-0.25, -0.2) is 4.98 Å². The highest BCUT2D eigenvalue weighted by Crippen LogP contribution is 2.33. The number of nitrogens with zero attached hydrogens (tertiary/aromatic N) is 5. The molecule has 0 radical (unpaired) electrons. The highest BCUT2D eigenvalue weighted by Gasteiger charge is 2.25. The molecule has 4 heterocycles. The molecule has 0 bridgehead atoms. The van der Waals surface area contributed by atoms with Crippen LogP contribution >= 0.6 is 34.8 Å². The van der Waals surface area contributed by atoms with Crippen LogP contribution in [0.2, 0.25) is 15.1 Å². The molecular weight excluding hydrogens is 1020 g/mol. The molecule has 384 valence electrons. The number of carboxylic acid groups (broad SMARTS) is 2. The van der Waals surface area contributed by atoms with Gasteiger partial charge in [-0.05, 0) is 134 Å². The number of benzene rings is 5. The van der Waals surface area contributed by atoms with E-state index in [1.54, 1.807) is 139 Å². The topological polar surface area (TPSA) is 211 Å². The SMILES string of the molecule is CCCc1c(CC(=O)O)c2cc(OC)ccc2n1C(=O)c1ccc(Cl)cc1.COc1ccc2c(c1)c(CC(=O)O)nn2C(=O)c1ccc(Cl)cc1.COc1ccc2c(n1)c(CC(C)=O)cn2C(=O)c1ccc(Cl)cc1. The highest BCUT2D eigenvalue weighted by atomic mass is 35.5.